The second-order valence-corrected chi connectivity index (χ2v) is 7.50. The zero-order chi connectivity index (χ0) is 18.6. The van der Waals surface area contributed by atoms with Gasteiger partial charge in [-0.3, -0.25) is 4.79 Å². The summed E-state index contributed by atoms with van der Waals surface area (Å²) in [5.41, 5.74) is 2.53. The molecular weight excluding hydrogens is 344 g/mol. The number of para-hydroxylation sites is 1. The average molecular weight is 364 g/mol. The summed E-state index contributed by atoms with van der Waals surface area (Å²) in [7, 11) is 0. The standard InChI is InChI=1S/C21H20N2O4/c1-13-22-17-7-6-14(8-19(17)27-13)20(25)23-9-16-15-4-2-3-5-18(15)26-12-21(16,10-23)11-24/h2-8,16,24H,9-12H2,1H3/t16-,21-/m1/s1. The van der Waals surface area contributed by atoms with Crippen molar-refractivity contribution in [3.8, 4) is 5.75 Å². The zero-order valence-corrected chi connectivity index (χ0v) is 15.0. The van der Waals surface area contributed by atoms with E-state index in [1.54, 1.807) is 19.1 Å². The predicted octanol–water partition coefficient (Wildman–Crippen LogP) is 2.75. The summed E-state index contributed by atoms with van der Waals surface area (Å²) in [6.45, 7) is 3.21. The summed E-state index contributed by atoms with van der Waals surface area (Å²) in [6.07, 6.45) is 0. The number of hydrogen-bond acceptors (Lipinski definition) is 5. The highest BCUT2D eigenvalue weighted by molar-refractivity contribution is 5.97. The van der Waals surface area contributed by atoms with Gasteiger partial charge in [-0.2, -0.15) is 0 Å². The van der Waals surface area contributed by atoms with Crippen molar-refractivity contribution in [1.82, 2.24) is 9.88 Å². The van der Waals surface area contributed by atoms with Crippen LogP contribution in [0.4, 0.5) is 0 Å². The Bertz CT molecular complexity index is 1040. The van der Waals surface area contributed by atoms with Gasteiger partial charge in [-0.1, -0.05) is 18.2 Å². The molecule has 1 saturated heterocycles. The molecule has 1 amide bonds. The lowest BCUT2D eigenvalue weighted by molar-refractivity contribution is 0.0440. The Balaban J connectivity index is 1.48. The van der Waals surface area contributed by atoms with Crippen molar-refractivity contribution in [2.24, 2.45) is 5.41 Å². The fraction of sp³-hybridized carbons (Fsp3) is 0.333. The van der Waals surface area contributed by atoms with Crippen LogP contribution in [-0.4, -0.2) is 47.2 Å². The number of benzene rings is 2. The van der Waals surface area contributed by atoms with Crippen molar-refractivity contribution in [1.29, 1.82) is 0 Å². The van der Waals surface area contributed by atoms with Crippen LogP contribution in [0.3, 0.4) is 0 Å². The van der Waals surface area contributed by atoms with Gasteiger partial charge in [0, 0.05) is 31.5 Å². The van der Waals surface area contributed by atoms with Gasteiger partial charge in [-0.15, -0.1) is 0 Å². The fourth-order valence-electron chi connectivity index (χ4n) is 4.38. The third-order valence-corrected chi connectivity index (χ3v) is 5.80. The van der Waals surface area contributed by atoms with Crippen molar-refractivity contribution >= 4 is 17.0 Å². The van der Waals surface area contributed by atoms with E-state index in [1.807, 2.05) is 35.2 Å². The molecule has 5 rings (SSSR count). The maximum absolute atomic E-state index is 13.2. The number of fused-ring (bicyclic) bond motifs is 4. The molecule has 1 N–H and O–H groups in total. The molecule has 2 aliphatic rings. The molecule has 3 heterocycles. The highest BCUT2D eigenvalue weighted by Gasteiger charge is 2.52. The SMILES string of the molecule is Cc1nc2ccc(C(=O)N3C[C@@H]4c5ccccc5OC[C@]4(CO)C3)cc2o1. The molecule has 0 unspecified atom stereocenters. The van der Waals surface area contributed by atoms with Crippen molar-refractivity contribution in [3.05, 3.63) is 59.5 Å². The molecule has 0 saturated carbocycles. The predicted molar refractivity (Wildman–Crippen MR) is 98.8 cm³/mol. The maximum Gasteiger partial charge on any atom is 0.254 e. The second kappa shape index (κ2) is 5.82. The molecule has 1 fully saturated rings. The molecule has 2 aliphatic heterocycles. The summed E-state index contributed by atoms with van der Waals surface area (Å²) in [6, 6.07) is 13.2. The summed E-state index contributed by atoms with van der Waals surface area (Å²) < 4.78 is 11.5. The Kier molecular flexibility index (Phi) is 3.52. The number of carbonyl (C=O) groups is 1. The monoisotopic (exact) mass is 364 g/mol. The van der Waals surface area contributed by atoms with Gasteiger partial charge in [0.1, 0.15) is 11.3 Å². The summed E-state index contributed by atoms with van der Waals surface area (Å²) in [5.74, 6) is 1.42. The van der Waals surface area contributed by atoms with E-state index in [0.717, 1.165) is 16.8 Å². The van der Waals surface area contributed by atoms with Crippen LogP contribution in [0.15, 0.2) is 46.9 Å². The van der Waals surface area contributed by atoms with Gasteiger partial charge in [0.15, 0.2) is 11.5 Å². The largest absolute Gasteiger partial charge is 0.493 e. The van der Waals surface area contributed by atoms with Crippen molar-refractivity contribution in [2.75, 3.05) is 26.3 Å². The van der Waals surface area contributed by atoms with E-state index >= 15 is 0 Å². The van der Waals surface area contributed by atoms with Crippen LogP contribution in [0.2, 0.25) is 0 Å². The summed E-state index contributed by atoms with van der Waals surface area (Å²) in [4.78, 5) is 19.2. The van der Waals surface area contributed by atoms with Crippen LogP contribution in [0.1, 0.15) is 27.7 Å². The molecule has 3 aromatic rings. The third kappa shape index (κ3) is 2.44. The van der Waals surface area contributed by atoms with Crippen LogP contribution < -0.4 is 4.74 Å². The molecule has 0 radical (unpaired) electrons. The molecule has 1 aromatic heterocycles. The minimum absolute atomic E-state index is 0.0177. The first-order valence-corrected chi connectivity index (χ1v) is 9.09. The Morgan fingerprint density at radius 1 is 1.33 bits per heavy atom. The zero-order valence-electron chi connectivity index (χ0n) is 15.0. The molecule has 2 atom stereocenters. The van der Waals surface area contributed by atoms with E-state index in [-0.39, 0.29) is 18.4 Å². The lowest BCUT2D eigenvalue weighted by Gasteiger charge is -2.37. The number of aromatic nitrogens is 1. The third-order valence-electron chi connectivity index (χ3n) is 5.80. The lowest BCUT2D eigenvalue weighted by atomic mass is 9.74. The molecule has 2 aromatic carbocycles. The molecule has 0 spiro atoms. The van der Waals surface area contributed by atoms with Crippen LogP contribution in [0.5, 0.6) is 5.75 Å². The van der Waals surface area contributed by atoms with E-state index in [1.165, 1.54) is 0 Å². The Labute approximate surface area is 156 Å². The number of likely N-dealkylation sites (tertiary alicyclic amines) is 1. The van der Waals surface area contributed by atoms with E-state index in [9.17, 15) is 9.90 Å². The van der Waals surface area contributed by atoms with E-state index in [0.29, 0.717) is 36.7 Å². The van der Waals surface area contributed by atoms with Crippen molar-refractivity contribution in [3.63, 3.8) is 0 Å². The number of amides is 1. The maximum atomic E-state index is 13.2. The van der Waals surface area contributed by atoms with E-state index in [4.69, 9.17) is 9.15 Å². The normalized spacial score (nSPS) is 23.8. The number of nitrogens with zero attached hydrogens (tertiary/aromatic N) is 2. The first-order valence-electron chi connectivity index (χ1n) is 9.09. The van der Waals surface area contributed by atoms with Gasteiger partial charge in [-0.05, 0) is 29.8 Å². The van der Waals surface area contributed by atoms with Gasteiger partial charge in [0.05, 0.1) is 18.6 Å². The van der Waals surface area contributed by atoms with Crippen molar-refractivity contribution in [2.45, 2.75) is 12.8 Å². The summed E-state index contributed by atoms with van der Waals surface area (Å²) >= 11 is 0. The van der Waals surface area contributed by atoms with E-state index < -0.39 is 5.41 Å². The molecule has 138 valence electrons. The lowest BCUT2D eigenvalue weighted by Crippen LogP contribution is -2.42. The van der Waals surface area contributed by atoms with Crippen LogP contribution >= 0.6 is 0 Å². The molecule has 0 bridgehead atoms. The van der Waals surface area contributed by atoms with E-state index in [2.05, 4.69) is 4.98 Å². The van der Waals surface area contributed by atoms with Gasteiger partial charge < -0.3 is 19.2 Å². The highest BCUT2D eigenvalue weighted by Crippen LogP contribution is 2.49. The molecule has 0 aliphatic carbocycles. The molecular formula is C21H20N2O4. The average Bonchev–Trinajstić information content (AvgIpc) is 3.27. The van der Waals surface area contributed by atoms with Gasteiger partial charge in [0.2, 0.25) is 0 Å². The number of ether oxygens (including phenoxy) is 1. The number of carbonyl (C=O) groups excluding carboxylic acids is 1. The fourth-order valence-corrected chi connectivity index (χ4v) is 4.38. The second-order valence-electron chi connectivity index (χ2n) is 7.50. The number of oxazole rings is 1. The first-order chi connectivity index (χ1) is 13.1. The molecule has 27 heavy (non-hydrogen) atoms. The van der Waals surface area contributed by atoms with Crippen LogP contribution in [-0.2, 0) is 0 Å². The smallest absolute Gasteiger partial charge is 0.254 e. The Hall–Kier alpha value is -2.86. The number of rotatable bonds is 2. The minimum atomic E-state index is -0.461. The number of hydrogen-bond donors (Lipinski definition) is 1. The number of aliphatic hydroxyl groups is 1. The van der Waals surface area contributed by atoms with Crippen LogP contribution in [0.25, 0.3) is 11.1 Å². The van der Waals surface area contributed by atoms with Crippen molar-refractivity contribution < 1.29 is 19.1 Å². The summed E-state index contributed by atoms with van der Waals surface area (Å²) in [5, 5.41) is 10.2. The van der Waals surface area contributed by atoms with Crippen LogP contribution in [0, 0.1) is 12.3 Å². The Morgan fingerprint density at radius 2 is 2.19 bits per heavy atom. The molecule has 6 heteroatoms. The number of aliphatic hydroxyl groups excluding tert-OH is 1. The Morgan fingerprint density at radius 3 is 3.04 bits per heavy atom. The van der Waals surface area contributed by atoms with Gasteiger partial charge in [-0.25, -0.2) is 4.98 Å². The number of aryl methyl sites for hydroxylation is 1. The quantitative estimate of drug-likeness (QED) is 0.757. The topological polar surface area (TPSA) is 75.8 Å². The highest BCUT2D eigenvalue weighted by atomic mass is 16.5. The minimum Gasteiger partial charge on any atom is -0.493 e. The first kappa shape index (κ1) is 16.3. The molecule has 6 nitrogen and oxygen atoms in total. The van der Waals surface area contributed by atoms with Gasteiger partial charge >= 0.3 is 0 Å². The van der Waals surface area contributed by atoms with Gasteiger partial charge in [0.25, 0.3) is 5.91 Å².